The predicted octanol–water partition coefficient (Wildman–Crippen LogP) is 2.51. The van der Waals surface area contributed by atoms with Gasteiger partial charge in [-0.25, -0.2) is 9.97 Å². The standard InChI is InChI=1S/C13H11ClN4/c14-10-4-2-9(3-5-10)12-11(8-15)18-7-1-6-16-13(18)17-12/h1-7H,8,15H2. The lowest BCUT2D eigenvalue weighted by Crippen LogP contribution is -2.02. The average Bonchev–Trinajstić information content (AvgIpc) is 2.78. The molecule has 0 amide bonds. The molecule has 90 valence electrons. The molecule has 1 aromatic carbocycles. The average molecular weight is 259 g/mol. The molecule has 0 unspecified atom stereocenters. The predicted molar refractivity (Wildman–Crippen MR) is 71.3 cm³/mol. The highest BCUT2D eigenvalue weighted by Crippen LogP contribution is 2.24. The van der Waals surface area contributed by atoms with Crippen molar-refractivity contribution in [1.82, 2.24) is 14.4 Å². The summed E-state index contributed by atoms with van der Waals surface area (Å²) < 4.78 is 1.91. The van der Waals surface area contributed by atoms with Crippen LogP contribution in [0.2, 0.25) is 5.02 Å². The fraction of sp³-hybridized carbons (Fsp3) is 0.0769. The number of imidazole rings is 1. The van der Waals surface area contributed by atoms with Crippen molar-refractivity contribution in [3.05, 3.63) is 53.4 Å². The fourth-order valence-corrected chi connectivity index (χ4v) is 2.10. The van der Waals surface area contributed by atoms with Crippen molar-refractivity contribution in [2.24, 2.45) is 5.73 Å². The number of halogens is 1. The summed E-state index contributed by atoms with van der Waals surface area (Å²) in [7, 11) is 0. The molecular weight excluding hydrogens is 248 g/mol. The Balaban J connectivity index is 2.25. The molecule has 5 heteroatoms. The topological polar surface area (TPSA) is 56.2 Å². The van der Waals surface area contributed by atoms with Gasteiger partial charge in [-0.15, -0.1) is 0 Å². The van der Waals surface area contributed by atoms with Crippen LogP contribution in [0.25, 0.3) is 17.0 Å². The minimum absolute atomic E-state index is 0.408. The van der Waals surface area contributed by atoms with Gasteiger partial charge in [-0.3, -0.25) is 4.40 Å². The van der Waals surface area contributed by atoms with E-state index in [1.54, 1.807) is 6.20 Å². The first-order chi connectivity index (χ1) is 8.79. The normalized spacial score (nSPS) is 11.0. The van der Waals surface area contributed by atoms with Crippen LogP contribution in [-0.2, 0) is 6.54 Å². The molecule has 2 aromatic heterocycles. The highest BCUT2D eigenvalue weighted by atomic mass is 35.5. The van der Waals surface area contributed by atoms with Crippen LogP contribution in [0.4, 0.5) is 0 Å². The molecule has 0 spiro atoms. The number of benzene rings is 1. The molecule has 2 heterocycles. The lowest BCUT2D eigenvalue weighted by molar-refractivity contribution is 0.949. The van der Waals surface area contributed by atoms with Crippen LogP contribution in [0.3, 0.4) is 0 Å². The Morgan fingerprint density at radius 3 is 2.72 bits per heavy atom. The Kier molecular flexibility index (Phi) is 2.74. The van der Waals surface area contributed by atoms with Crippen LogP contribution < -0.4 is 5.73 Å². The van der Waals surface area contributed by atoms with Gasteiger partial charge in [0.25, 0.3) is 0 Å². The Morgan fingerprint density at radius 2 is 2.00 bits per heavy atom. The van der Waals surface area contributed by atoms with E-state index in [-0.39, 0.29) is 0 Å². The molecule has 3 aromatic rings. The summed E-state index contributed by atoms with van der Waals surface area (Å²) in [4.78, 5) is 8.74. The number of nitrogens with two attached hydrogens (primary N) is 1. The number of aromatic nitrogens is 3. The molecule has 0 bridgehead atoms. The fourth-order valence-electron chi connectivity index (χ4n) is 1.97. The number of fused-ring (bicyclic) bond motifs is 1. The van der Waals surface area contributed by atoms with Crippen molar-refractivity contribution in [3.63, 3.8) is 0 Å². The molecule has 0 radical (unpaired) electrons. The van der Waals surface area contributed by atoms with E-state index in [9.17, 15) is 0 Å². The van der Waals surface area contributed by atoms with Crippen molar-refractivity contribution in [3.8, 4) is 11.3 Å². The summed E-state index contributed by atoms with van der Waals surface area (Å²) in [5, 5.41) is 0.704. The molecular formula is C13H11ClN4. The van der Waals surface area contributed by atoms with E-state index in [2.05, 4.69) is 9.97 Å². The zero-order valence-corrected chi connectivity index (χ0v) is 10.3. The molecule has 0 aliphatic heterocycles. The van der Waals surface area contributed by atoms with Gasteiger partial charge in [-0.2, -0.15) is 0 Å². The largest absolute Gasteiger partial charge is 0.325 e. The van der Waals surface area contributed by atoms with Gasteiger partial charge in [0.2, 0.25) is 5.78 Å². The Labute approximate surface area is 109 Å². The summed E-state index contributed by atoms with van der Waals surface area (Å²) >= 11 is 5.89. The molecule has 2 N–H and O–H groups in total. The second-order valence-electron chi connectivity index (χ2n) is 3.91. The molecule has 0 atom stereocenters. The van der Waals surface area contributed by atoms with E-state index in [0.717, 1.165) is 17.0 Å². The van der Waals surface area contributed by atoms with Gasteiger partial charge < -0.3 is 5.73 Å². The summed E-state index contributed by atoms with van der Waals surface area (Å²) in [6, 6.07) is 9.41. The van der Waals surface area contributed by atoms with Gasteiger partial charge in [-0.1, -0.05) is 23.7 Å². The number of nitrogens with zero attached hydrogens (tertiary/aromatic N) is 3. The SMILES string of the molecule is NCc1c(-c2ccc(Cl)cc2)nc2ncccn12. The van der Waals surface area contributed by atoms with Crippen LogP contribution in [0.15, 0.2) is 42.7 Å². The number of hydrogen-bond donors (Lipinski definition) is 1. The van der Waals surface area contributed by atoms with Gasteiger partial charge in [0.15, 0.2) is 0 Å². The van der Waals surface area contributed by atoms with Gasteiger partial charge in [0, 0.05) is 29.5 Å². The third-order valence-corrected chi connectivity index (χ3v) is 3.07. The van der Waals surface area contributed by atoms with E-state index >= 15 is 0 Å². The van der Waals surface area contributed by atoms with E-state index in [1.165, 1.54) is 0 Å². The van der Waals surface area contributed by atoms with E-state index < -0.39 is 0 Å². The first-order valence-electron chi connectivity index (χ1n) is 5.57. The maximum absolute atomic E-state index is 5.89. The molecule has 0 saturated carbocycles. The van der Waals surface area contributed by atoms with Crippen molar-refractivity contribution < 1.29 is 0 Å². The lowest BCUT2D eigenvalue weighted by Gasteiger charge is -2.01. The minimum atomic E-state index is 0.408. The van der Waals surface area contributed by atoms with Crippen molar-refractivity contribution in [2.45, 2.75) is 6.54 Å². The Hall–Kier alpha value is -1.91. The van der Waals surface area contributed by atoms with Gasteiger partial charge in [0.05, 0.1) is 11.4 Å². The van der Waals surface area contributed by atoms with Gasteiger partial charge >= 0.3 is 0 Å². The van der Waals surface area contributed by atoms with Crippen molar-refractivity contribution in [1.29, 1.82) is 0 Å². The molecule has 3 rings (SSSR count). The molecule has 0 fully saturated rings. The Bertz CT molecular complexity index is 688. The van der Waals surface area contributed by atoms with Crippen LogP contribution in [-0.4, -0.2) is 14.4 Å². The number of rotatable bonds is 2. The molecule has 4 nitrogen and oxygen atoms in total. The van der Waals surface area contributed by atoms with Crippen molar-refractivity contribution in [2.75, 3.05) is 0 Å². The van der Waals surface area contributed by atoms with Gasteiger partial charge in [0.1, 0.15) is 0 Å². The summed E-state index contributed by atoms with van der Waals surface area (Å²) in [6.07, 6.45) is 3.63. The van der Waals surface area contributed by atoms with Crippen LogP contribution in [0.5, 0.6) is 0 Å². The summed E-state index contributed by atoms with van der Waals surface area (Å²) in [5.74, 6) is 0.655. The monoisotopic (exact) mass is 258 g/mol. The maximum Gasteiger partial charge on any atom is 0.234 e. The number of hydrogen-bond acceptors (Lipinski definition) is 3. The minimum Gasteiger partial charge on any atom is -0.325 e. The first-order valence-corrected chi connectivity index (χ1v) is 5.95. The van der Waals surface area contributed by atoms with E-state index in [4.69, 9.17) is 17.3 Å². The highest BCUT2D eigenvalue weighted by Gasteiger charge is 2.12. The molecule has 18 heavy (non-hydrogen) atoms. The Morgan fingerprint density at radius 1 is 1.22 bits per heavy atom. The third kappa shape index (κ3) is 1.75. The summed E-state index contributed by atoms with van der Waals surface area (Å²) in [6.45, 7) is 0.408. The second kappa shape index (κ2) is 4.40. The highest BCUT2D eigenvalue weighted by molar-refractivity contribution is 6.30. The second-order valence-corrected chi connectivity index (χ2v) is 4.34. The molecule has 0 aliphatic rings. The van der Waals surface area contributed by atoms with Crippen molar-refractivity contribution >= 4 is 17.4 Å². The lowest BCUT2D eigenvalue weighted by atomic mass is 10.1. The quantitative estimate of drug-likeness (QED) is 0.768. The van der Waals surface area contributed by atoms with Gasteiger partial charge in [-0.05, 0) is 18.2 Å². The molecule has 0 aliphatic carbocycles. The van der Waals surface area contributed by atoms with Crippen LogP contribution in [0, 0.1) is 0 Å². The van der Waals surface area contributed by atoms with Crippen LogP contribution in [0.1, 0.15) is 5.69 Å². The zero-order chi connectivity index (χ0) is 12.5. The van der Waals surface area contributed by atoms with Crippen LogP contribution >= 0.6 is 11.6 Å². The first kappa shape index (κ1) is 11.2. The maximum atomic E-state index is 5.89. The summed E-state index contributed by atoms with van der Waals surface area (Å²) in [5.41, 5.74) is 8.60. The molecule has 0 saturated heterocycles. The smallest absolute Gasteiger partial charge is 0.234 e. The third-order valence-electron chi connectivity index (χ3n) is 2.81. The zero-order valence-electron chi connectivity index (χ0n) is 9.55. The van der Waals surface area contributed by atoms with E-state index in [0.29, 0.717) is 17.3 Å². The van der Waals surface area contributed by atoms with E-state index in [1.807, 2.05) is 40.9 Å².